The lowest BCUT2D eigenvalue weighted by Crippen LogP contribution is -2.59. The van der Waals surface area contributed by atoms with Gasteiger partial charge in [-0.3, -0.25) is 9.69 Å². The number of nitrogens with zero attached hydrogens (tertiary/aromatic N) is 3. The van der Waals surface area contributed by atoms with Crippen LogP contribution >= 0.6 is 11.8 Å². The average Bonchev–Trinajstić information content (AvgIpc) is 3.41. The zero-order chi connectivity index (χ0) is 21.7. The lowest BCUT2D eigenvalue weighted by molar-refractivity contribution is -0.119. The number of hydrogen-bond acceptors (Lipinski definition) is 6. The molecule has 1 atom stereocenters. The molecular formula is C23H38N4O3S. The first-order valence-corrected chi connectivity index (χ1v) is 12.9. The van der Waals surface area contributed by atoms with Crippen molar-refractivity contribution in [3.8, 4) is 0 Å². The molecule has 3 aliphatic rings. The molecule has 4 rings (SSSR count). The maximum Gasteiger partial charge on any atom is 0.230 e. The molecule has 1 amide bonds. The fourth-order valence-electron chi connectivity index (χ4n) is 5.24. The van der Waals surface area contributed by atoms with Crippen LogP contribution in [-0.2, 0) is 20.8 Å². The third-order valence-electron chi connectivity index (χ3n) is 7.25. The van der Waals surface area contributed by atoms with Crippen molar-refractivity contribution in [2.45, 2.75) is 82.1 Å². The highest BCUT2D eigenvalue weighted by Gasteiger charge is 2.38. The minimum Gasteiger partial charge on any atom is -0.379 e. The zero-order valence-corrected chi connectivity index (χ0v) is 20.0. The highest BCUT2D eigenvalue weighted by atomic mass is 32.2. The predicted molar refractivity (Wildman–Crippen MR) is 123 cm³/mol. The Balaban J connectivity index is 1.33. The van der Waals surface area contributed by atoms with Gasteiger partial charge in [-0.1, -0.05) is 31.0 Å². The molecule has 1 N–H and O–H groups in total. The van der Waals surface area contributed by atoms with E-state index in [9.17, 15) is 4.79 Å². The summed E-state index contributed by atoms with van der Waals surface area (Å²) in [6.45, 7) is 10.1. The molecule has 2 saturated heterocycles. The minimum absolute atomic E-state index is 0.102. The van der Waals surface area contributed by atoms with Gasteiger partial charge in [0.15, 0.2) is 5.16 Å². The van der Waals surface area contributed by atoms with Gasteiger partial charge in [-0.05, 0) is 39.5 Å². The Kier molecular flexibility index (Phi) is 7.96. The first kappa shape index (κ1) is 23.1. The maximum absolute atomic E-state index is 12.8. The molecule has 1 unspecified atom stereocenters. The van der Waals surface area contributed by atoms with Gasteiger partial charge in [-0.25, -0.2) is 4.98 Å². The number of rotatable bonds is 8. The summed E-state index contributed by atoms with van der Waals surface area (Å²) < 4.78 is 13.6. The monoisotopic (exact) mass is 450 g/mol. The van der Waals surface area contributed by atoms with E-state index in [-0.39, 0.29) is 17.6 Å². The van der Waals surface area contributed by atoms with Crippen LogP contribution < -0.4 is 5.32 Å². The van der Waals surface area contributed by atoms with Crippen molar-refractivity contribution in [1.82, 2.24) is 19.8 Å². The molecule has 174 valence electrons. The summed E-state index contributed by atoms with van der Waals surface area (Å²) in [5.41, 5.74) is 2.31. The van der Waals surface area contributed by atoms with Crippen LogP contribution in [0.4, 0.5) is 0 Å². The Morgan fingerprint density at radius 2 is 1.94 bits per heavy atom. The highest BCUT2D eigenvalue weighted by molar-refractivity contribution is 7.99. The lowest BCUT2D eigenvalue weighted by atomic mass is 9.79. The Hall–Kier alpha value is -1.09. The number of ether oxygens (including phenoxy) is 2. The molecule has 8 heteroatoms. The van der Waals surface area contributed by atoms with E-state index < -0.39 is 0 Å². The summed E-state index contributed by atoms with van der Waals surface area (Å²) in [6.07, 6.45) is 8.65. The summed E-state index contributed by atoms with van der Waals surface area (Å²) in [7, 11) is 0. The zero-order valence-electron chi connectivity index (χ0n) is 19.2. The van der Waals surface area contributed by atoms with Gasteiger partial charge >= 0.3 is 0 Å². The van der Waals surface area contributed by atoms with Gasteiger partial charge in [0.2, 0.25) is 5.91 Å². The van der Waals surface area contributed by atoms with Gasteiger partial charge in [-0.2, -0.15) is 0 Å². The number of aryl methyl sites for hydroxylation is 1. The van der Waals surface area contributed by atoms with Crippen LogP contribution in [0.25, 0.3) is 0 Å². The molecule has 0 radical (unpaired) electrons. The van der Waals surface area contributed by atoms with Crippen LogP contribution in [0.15, 0.2) is 5.16 Å². The smallest absolute Gasteiger partial charge is 0.230 e. The predicted octanol–water partition coefficient (Wildman–Crippen LogP) is 2.92. The van der Waals surface area contributed by atoms with Crippen LogP contribution in [0.5, 0.6) is 0 Å². The first-order valence-electron chi connectivity index (χ1n) is 11.9. The molecule has 1 aromatic rings. The summed E-state index contributed by atoms with van der Waals surface area (Å²) in [5, 5.41) is 4.20. The average molecular weight is 451 g/mol. The number of amides is 1. The molecule has 1 aromatic heterocycles. The molecular weight excluding hydrogens is 412 g/mol. The third-order valence-corrected chi connectivity index (χ3v) is 8.22. The fraction of sp³-hybridized carbons (Fsp3) is 0.826. The standard InChI is InChI=1S/C23H38N4O3S/c1-18-19(2)27(15-20-7-6-12-30-20)22(25-18)31-16-21(28)24-17-23(8-4-3-5-9-23)26-10-13-29-14-11-26/h20H,3-17H2,1-2H3,(H,24,28). The van der Waals surface area contributed by atoms with Gasteiger partial charge in [0, 0.05) is 37.5 Å². The SMILES string of the molecule is Cc1nc(SCC(=O)NCC2(N3CCOCC3)CCCCC2)n(CC2CCCO2)c1C. The summed E-state index contributed by atoms with van der Waals surface area (Å²) in [5.74, 6) is 0.505. The summed E-state index contributed by atoms with van der Waals surface area (Å²) in [4.78, 5) is 20.1. The third kappa shape index (κ3) is 5.64. The van der Waals surface area contributed by atoms with E-state index in [0.717, 1.165) is 69.7 Å². The topological polar surface area (TPSA) is 68.6 Å². The number of hydrogen-bond donors (Lipinski definition) is 1. The number of thioether (sulfide) groups is 1. The van der Waals surface area contributed by atoms with Gasteiger partial charge < -0.3 is 19.4 Å². The van der Waals surface area contributed by atoms with Crippen molar-refractivity contribution in [2.24, 2.45) is 0 Å². The largest absolute Gasteiger partial charge is 0.379 e. The normalized spacial score (nSPS) is 24.4. The van der Waals surface area contributed by atoms with Crippen molar-refractivity contribution in [2.75, 3.05) is 45.2 Å². The van der Waals surface area contributed by atoms with Crippen LogP contribution in [0, 0.1) is 13.8 Å². The van der Waals surface area contributed by atoms with Crippen molar-refractivity contribution in [3.63, 3.8) is 0 Å². The lowest BCUT2D eigenvalue weighted by Gasteiger charge is -2.48. The number of nitrogens with one attached hydrogen (secondary N) is 1. The van der Waals surface area contributed by atoms with E-state index >= 15 is 0 Å². The molecule has 31 heavy (non-hydrogen) atoms. The van der Waals surface area contributed by atoms with E-state index in [1.165, 1.54) is 37.8 Å². The van der Waals surface area contributed by atoms with Gasteiger partial charge in [-0.15, -0.1) is 0 Å². The number of morpholine rings is 1. The number of carbonyl (C=O) groups excluding carboxylic acids is 1. The van der Waals surface area contributed by atoms with Gasteiger partial charge in [0.1, 0.15) is 0 Å². The van der Waals surface area contributed by atoms with E-state index in [4.69, 9.17) is 14.5 Å². The van der Waals surface area contributed by atoms with Crippen molar-refractivity contribution < 1.29 is 14.3 Å². The van der Waals surface area contributed by atoms with E-state index in [0.29, 0.717) is 5.75 Å². The van der Waals surface area contributed by atoms with Gasteiger partial charge in [0.25, 0.3) is 0 Å². The number of carbonyl (C=O) groups is 1. The van der Waals surface area contributed by atoms with Crippen LogP contribution in [0.3, 0.4) is 0 Å². The Bertz CT molecular complexity index is 735. The van der Waals surface area contributed by atoms with E-state index in [1.54, 1.807) is 11.8 Å². The second-order valence-electron chi connectivity index (χ2n) is 9.26. The molecule has 3 fully saturated rings. The number of imidazole rings is 1. The second-order valence-corrected chi connectivity index (χ2v) is 10.2. The van der Waals surface area contributed by atoms with Crippen molar-refractivity contribution >= 4 is 17.7 Å². The second kappa shape index (κ2) is 10.7. The molecule has 3 heterocycles. The van der Waals surface area contributed by atoms with Crippen LogP contribution in [0.2, 0.25) is 0 Å². The Morgan fingerprint density at radius 3 is 2.65 bits per heavy atom. The highest BCUT2D eigenvalue weighted by Crippen LogP contribution is 2.34. The summed E-state index contributed by atoms with van der Waals surface area (Å²) >= 11 is 1.55. The molecule has 0 spiro atoms. The molecule has 0 bridgehead atoms. The van der Waals surface area contributed by atoms with Crippen LogP contribution in [0.1, 0.15) is 56.3 Å². The quantitative estimate of drug-likeness (QED) is 0.614. The molecule has 1 saturated carbocycles. The van der Waals surface area contributed by atoms with Gasteiger partial charge in [0.05, 0.1) is 37.3 Å². The maximum atomic E-state index is 12.8. The number of aromatic nitrogens is 2. The van der Waals surface area contributed by atoms with E-state index in [2.05, 4.69) is 21.7 Å². The van der Waals surface area contributed by atoms with Crippen LogP contribution in [-0.4, -0.2) is 77.2 Å². The Morgan fingerprint density at radius 1 is 1.16 bits per heavy atom. The molecule has 1 aliphatic carbocycles. The molecule has 7 nitrogen and oxygen atoms in total. The Labute approximate surface area is 190 Å². The molecule has 0 aromatic carbocycles. The van der Waals surface area contributed by atoms with Crippen molar-refractivity contribution in [1.29, 1.82) is 0 Å². The summed E-state index contributed by atoms with van der Waals surface area (Å²) in [6, 6.07) is 0. The molecule has 2 aliphatic heterocycles. The fourth-order valence-corrected chi connectivity index (χ4v) is 6.17. The first-order chi connectivity index (χ1) is 15.1. The van der Waals surface area contributed by atoms with E-state index in [1.807, 2.05) is 6.92 Å². The van der Waals surface area contributed by atoms with Crippen molar-refractivity contribution in [3.05, 3.63) is 11.4 Å². The minimum atomic E-state index is 0.102.